The lowest BCUT2D eigenvalue weighted by atomic mass is 9.84. The van der Waals surface area contributed by atoms with Crippen LogP contribution >= 0.6 is 23.5 Å². The van der Waals surface area contributed by atoms with E-state index >= 15 is 0 Å². The van der Waals surface area contributed by atoms with Gasteiger partial charge in [-0.05, 0) is 57.1 Å². The molecule has 4 heteroatoms. The second-order valence-corrected chi connectivity index (χ2v) is 13.6. The first-order valence-electron chi connectivity index (χ1n) is 11.6. The number of phenolic OH excluding ortho intramolecular Hbond substituents is 2. The zero-order valence-corrected chi connectivity index (χ0v) is 23.2. The summed E-state index contributed by atoms with van der Waals surface area (Å²) >= 11 is 3.40. The Kier molecular flexibility index (Phi) is 8.72. The molecule has 0 saturated heterocycles. The van der Waals surface area contributed by atoms with Gasteiger partial charge in [-0.2, -0.15) is 0 Å². The largest absolute Gasteiger partial charge is 0.506 e. The van der Waals surface area contributed by atoms with Gasteiger partial charge in [0, 0.05) is 21.3 Å². The van der Waals surface area contributed by atoms with E-state index in [2.05, 4.69) is 93.5 Å². The summed E-state index contributed by atoms with van der Waals surface area (Å²) in [5, 5.41) is 21.7. The third kappa shape index (κ3) is 6.63. The SMILES string of the molecule is CC(C)c1cc(C(C)(C)C)cc(SCCSc2cc(C(C)(C)C)cc(C(C)C)c2O)c1O. The zero-order valence-electron chi connectivity index (χ0n) is 21.6. The van der Waals surface area contributed by atoms with Crippen molar-refractivity contribution in [3.63, 3.8) is 0 Å². The molecule has 2 aromatic carbocycles. The summed E-state index contributed by atoms with van der Waals surface area (Å²) in [6.45, 7) is 21.8. The van der Waals surface area contributed by atoms with Crippen molar-refractivity contribution < 1.29 is 10.2 Å². The van der Waals surface area contributed by atoms with E-state index in [1.165, 1.54) is 11.1 Å². The minimum absolute atomic E-state index is 0.0355. The maximum absolute atomic E-state index is 10.9. The van der Waals surface area contributed by atoms with Gasteiger partial charge in [-0.15, -0.1) is 23.5 Å². The van der Waals surface area contributed by atoms with Gasteiger partial charge in [0.25, 0.3) is 0 Å². The molecule has 0 atom stereocenters. The molecule has 0 aromatic heterocycles. The molecule has 0 aliphatic carbocycles. The van der Waals surface area contributed by atoms with E-state index in [0.717, 1.165) is 32.4 Å². The van der Waals surface area contributed by atoms with Crippen molar-refractivity contribution in [2.75, 3.05) is 11.5 Å². The summed E-state index contributed by atoms with van der Waals surface area (Å²) in [6, 6.07) is 8.60. The fourth-order valence-corrected chi connectivity index (χ4v) is 5.56. The van der Waals surface area contributed by atoms with Crippen molar-refractivity contribution in [1.29, 1.82) is 0 Å². The van der Waals surface area contributed by atoms with E-state index in [1.54, 1.807) is 23.5 Å². The lowest BCUT2D eigenvalue weighted by molar-refractivity contribution is 0.449. The van der Waals surface area contributed by atoms with Crippen LogP contribution in [-0.4, -0.2) is 21.7 Å². The van der Waals surface area contributed by atoms with E-state index in [0.29, 0.717) is 11.5 Å². The lowest BCUT2D eigenvalue weighted by Gasteiger charge is -2.24. The number of hydrogen-bond donors (Lipinski definition) is 2. The maximum atomic E-state index is 10.9. The first-order chi connectivity index (χ1) is 14.6. The summed E-state index contributed by atoms with van der Waals surface area (Å²) in [5.74, 6) is 3.11. The number of thioether (sulfide) groups is 2. The van der Waals surface area contributed by atoms with E-state index in [9.17, 15) is 10.2 Å². The number of benzene rings is 2. The predicted octanol–water partition coefficient (Wildman–Crippen LogP) is 8.82. The molecular weight excluding hydrogens is 432 g/mol. The molecule has 0 spiro atoms. The van der Waals surface area contributed by atoms with Gasteiger partial charge in [0.1, 0.15) is 11.5 Å². The maximum Gasteiger partial charge on any atom is 0.132 e. The second-order valence-electron chi connectivity index (χ2n) is 11.3. The Labute approximate surface area is 204 Å². The quantitative estimate of drug-likeness (QED) is 0.310. The Bertz CT molecular complexity index is 854. The van der Waals surface area contributed by atoms with E-state index < -0.39 is 0 Å². The fourth-order valence-electron chi connectivity index (χ4n) is 3.53. The Balaban J connectivity index is 2.22. The highest BCUT2D eigenvalue weighted by Crippen LogP contribution is 2.42. The monoisotopic (exact) mass is 474 g/mol. The summed E-state index contributed by atoms with van der Waals surface area (Å²) in [6.07, 6.45) is 0. The second kappa shape index (κ2) is 10.3. The van der Waals surface area contributed by atoms with Gasteiger partial charge in [0.05, 0.1) is 0 Å². The Hall–Kier alpha value is -1.26. The van der Waals surface area contributed by atoms with Gasteiger partial charge in [-0.3, -0.25) is 0 Å². The molecule has 0 unspecified atom stereocenters. The average molecular weight is 475 g/mol. The van der Waals surface area contributed by atoms with Crippen LogP contribution in [0.25, 0.3) is 0 Å². The van der Waals surface area contributed by atoms with Crippen LogP contribution in [-0.2, 0) is 10.8 Å². The standard InChI is InChI=1S/C28H42O2S2/c1-17(2)21-13-19(27(5,6)7)15-23(25(21)29)31-11-12-32-24-16-20(28(8,9)10)14-22(18(3)4)26(24)30/h13-18,29-30H,11-12H2,1-10H3. The predicted molar refractivity (Wildman–Crippen MR) is 143 cm³/mol. The first kappa shape index (κ1) is 27.0. The van der Waals surface area contributed by atoms with Crippen molar-refractivity contribution in [3.05, 3.63) is 46.5 Å². The molecule has 0 amide bonds. The highest BCUT2D eigenvalue weighted by atomic mass is 32.2. The number of hydrogen-bond acceptors (Lipinski definition) is 4. The normalized spacial score (nSPS) is 12.8. The smallest absolute Gasteiger partial charge is 0.132 e. The van der Waals surface area contributed by atoms with Gasteiger partial charge in [0.15, 0.2) is 0 Å². The number of phenols is 2. The molecule has 0 bridgehead atoms. The summed E-state index contributed by atoms with van der Waals surface area (Å²) in [7, 11) is 0. The van der Waals surface area contributed by atoms with E-state index in [1.807, 2.05) is 0 Å². The number of rotatable bonds is 7. The molecule has 0 heterocycles. The molecule has 178 valence electrons. The van der Waals surface area contributed by atoms with Crippen LogP contribution < -0.4 is 0 Å². The molecule has 0 aliphatic heterocycles. The van der Waals surface area contributed by atoms with Crippen LogP contribution in [0.3, 0.4) is 0 Å². The number of aromatic hydroxyl groups is 2. The van der Waals surface area contributed by atoms with Gasteiger partial charge >= 0.3 is 0 Å². The molecule has 0 radical (unpaired) electrons. The third-order valence-electron chi connectivity index (χ3n) is 5.78. The molecule has 0 aliphatic rings. The van der Waals surface area contributed by atoms with Crippen molar-refractivity contribution in [2.24, 2.45) is 0 Å². The third-order valence-corrected chi connectivity index (χ3v) is 8.10. The fraction of sp³-hybridized carbons (Fsp3) is 0.571. The minimum atomic E-state index is 0.0355. The highest BCUT2D eigenvalue weighted by Gasteiger charge is 2.22. The van der Waals surface area contributed by atoms with Gasteiger partial charge in [-0.25, -0.2) is 0 Å². The van der Waals surface area contributed by atoms with Crippen LogP contribution in [0.2, 0.25) is 0 Å². The van der Waals surface area contributed by atoms with Crippen LogP contribution in [0.15, 0.2) is 34.1 Å². The van der Waals surface area contributed by atoms with E-state index in [-0.39, 0.29) is 22.7 Å². The van der Waals surface area contributed by atoms with Crippen molar-refractivity contribution in [2.45, 2.75) is 102 Å². The Morgan fingerprint density at radius 2 is 0.938 bits per heavy atom. The van der Waals surface area contributed by atoms with Crippen molar-refractivity contribution in [3.8, 4) is 11.5 Å². The van der Waals surface area contributed by atoms with Crippen molar-refractivity contribution >= 4 is 23.5 Å². The van der Waals surface area contributed by atoms with Crippen LogP contribution in [0.4, 0.5) is 0 Å². The minimum Gasteiger partial charge on any atom is -0.506 e. The van der Waals surface area contributed by atoms with Crippen LogP contribution in [0, 0.1) is 0 Å². The molecule has 2 rings (SSSR count). The molecule has 0 saturated carbocycles. The molecule has 32 heavy (non-hydrogen) atoms. The summed E-state index contributed by atoms with van der Waals surface area (Å²) < 4.78 is 0. The van der Waals surface area contributed by atoms with Gasteiger partial charge < -0.3 is 10.2 Å². The van der Waals surface area contributed by atoms with Crippen LogP contribution in [0.5, 0.6) is 11.5 Å². The molecule has 0 fully saturated rings. The Morgan fingerprint density at radius 3 is 1.19 bits per heavy atom. The lowest BCUT2D eigenvalue weighted by Crippen LogP contribution is -2.12. The molecule has 2 aromatic rings. The summed E-state index contributed by atoms with van der Waals surface area (Å²) in [5.41, 5.74) is 4.62. The van der Waals surface area contributed by atoms with Gasteiger partial charge in [-0.1, -0.05) is 81.4 Å². The summed E-state index contributed by atoms with van der Waals surface area (Å²) in [4.78, 5) is 1.91. The highest BCUT2D eigenvalue weighted by molar-refractivity contribution is 8.03. The Morgan fingerprint density at radius 1 is 0.625 bits per heavy atom. The zero-order chi connectivity index (χ0) is 24.4. The van der Waals surface area contributed by atoms with Crippen molar-refractivity contribution in [1.82, 2.24) is 0 Å². The molecule has 2 N–H and O–H groups in total. The topological polar surface area (TPSA) is 40.5 Å². The van der Waals surface area contributed by atoms with E-state index in [4.69, 9.17) is 0 Å². The average Bonchev–Trinajstić information content (AvgIpc) is 2.64. The first-order valence-corrected chi connectivity index (χ1v) is 13.6. The van der Waals surface area contributed by atoms with Crippen LogP contribution in [0.1, 0.15) is 103 Å². The molecule has 2 nitrogen and oxygen atoms in total. The van der Waals surface area contributed by atoms with Gasteiger partial charge in [0.2, 0.25) is 0 Å². The molecular formula is C28H42O2S2.